The van der Waals surface area contributed by atoms with Crippen LogP contribution < -0.4 is 5.32 Å². The van der Waals surface area contributed by atoms with Gasteiger partial charge in [0.1, 0.15) is 5.88 Å². The van der Waals surface area contributed by atoms with Crippen molar-refractivity contribution in [3.63, 3.8) is 0 Å². The smallest absolute Gasteiger partial charge is 0.235 e. The van der Waals surface area contributed by atoms with Gasteiger partial charge in [-0.2, -0.15) is 0 Å². The summed E-state index contributed by atoms with van der Waals surface area (Å²) in [5.41, 5.74) is 0. The third-order valence-electron chi connectivity index (χ3n) is 1.47. The van der Waals surface area contributed by atoms with Gasteiger partial charge in [0, 0.05) is 4.88 Å². The van der Waals surface area contributed by atoms with Crippen LogP contribution in [0.1, 0.15) is 17.8 Å². The Kier molecular flexibility index (Phi) is 3.56. The van der Waals surface area contributed by atoms with Gasteiger partial charge in [-0.1, -0.05) is 6.07 Å². The highest BCUT2D eigenvalue weighted by Crippen LogP contribution is 2.17. The van der Waals surface area contributed by atoms with E-state index in [0.29, 0.717) is 0 Å². The second kappa shape index (κ2) is 4.48. The molecule has 1 atom stereocenters. The molecule has 12 heavy (non-hydrogen) atoms. The topological polar surface area (TPSA) is 29.1 Å². The zero-order valence-corrected chi connectivity index (χ0v) is 8.28. The van der Waals surface area contributed by atoms with Gasteiger partial charge in [0.05, 0.1) is 6.04 Å². The number of rotatable bonds is 3. The maximum Gasteiger partial charge on any atom is 0.235 e. The van der Waals surface area contributed by atoms with Crippen LogP contribution in [0.5, 0.6) is 0 Å². The lowest BCUT2D eigenvalue weighted by Crippen LogP contribution is -2.26. The minimum Gasteiger partial charge on any atom is -0.348 e. The average Bonchev–Trinajstić information content (AvgIpc) is 2.56. The lowest BCUT2D eigenvalue weighted by Gasteiger charge is -2.09. The van der Waals surface area contributed by atoms with Crippen molar-refractivity contribution in [1.29, 1.82) is 0 Å². The number of hydrogen-bond donors (Lipinski definition) is 1. The molecule has 2 nitrogen and oxygen atoms in total. The zero-order chi connectivity index (χ0) is 8.97. The number of carbonyl (C=O) groups excluding carboxylic acids is 1. The minimum absolute atomic E-state index is 0.0235. The van der Waals surface area contributed by atoms with Crippen LogP contribution in [0.15, 0.2) is 17.5 Å². The molecule has 0 fully saturated rings. The molecule has 1 N–H and O–H groups in total. The van der Waals surface area contributed by atoms with Crippen LogP contribution in [0.3, 0.4) is 0 Å². The van der Waals surface area contributed by atoms with Crippen molar-refractivity contribution in [2.45, 2.75) is 13.0 Å². The molecule has 0 unspecified atom stereocenters. The highest BCUT2D eigenvalue weighted by molar-refractivity contribution is 7.10. The van der Waals surface area contributed by atoms with E-state index >= 15 is 0 Å². The van der Waals surface area contributed by atoms with E-state index in [0.717, 1.165) is 4.88 Å². The standard InChI is InChI=1S/C8H10ClNOS/c1-6(10-8(11)5-9)7-3-2-4-12-7/h2-4,6H,5H2,1H3,(H,10,11)/t6-/m1/s1. The summed E-state index contributed by atoms with van der Waals surface area (Å²) < 4.78 is 0. The van der Waals surface area contributed by atoms with Gasteiger partial charge < -0.3 is 5.32 Å². The number of thiophene rings is 1. The molecule has 1 rings (SSSR count). The number of amides is 1. The van der Waals surface area contributed by atoms with Crippen LogP contribution in [-0.4, -0.2) is 11.8 Å². The molecule has 1 aromatic rings. The van der Waals surface area contributed by atoms with Crippen LogP contribution in [-0.2, 0) is 4.79 Å². The summed E-state index contributed by atoms with van der Waals surface area (Å²) in [5, 5.41) is 4.76. The van der Waals surface area contributed by atoms with Gasteiger partial charge in [-0.25, -0.2) is 0 Å². The normalized spacial score (nSPS) is 12.5. The van der Waals surface area contributed by atoms with Gasteiger partial charge in [0.25, 0.3) is 0 Å². The highest BCUT2D eigenvalue weighted by atomic mass is 35.5. The molecule has 0 bridgehead atoms. The van der Waals surface area contributed by atoms with E-state index in [2.05, 4.69) is 5.32 Å². The van der Waals surface area contributed by atoms with Crippen LogP contribution >= 0.6 is 22.9 Å². The van der Waals surface area contributed by atoms with Gasteiger partial charge in [-0.15, -0.1) is 22.9 Å². The van der Waals surface area contributed by atoms with Crippen molar-refractivity contribution < 1.29 is 4.79 Å². The van der Waals surface area contributed by atoms with E-state index in [9.17, 15) is 4.79 Å². The fourth-order valence-electron chi connectivity index (χ4n) is 0.889. The SMILES string of the molecule is C[C@@H](NC(=O)CCl)c1cccs1. The number of nitrogens with one attached hydrogen (secondary N) is 1. The maximum absolute atomic E-state index is 10.9. The molecule has 66 valence electrons. The van der Waals surface area contributed by atoms with Gasteiger partial charge in [0.2, 0.25) is 5.91 Å². The lowest BCUT2D eigenvalue weighted by molar-refractivity contribution is -0.119. The van der Waals surface area contributed by atoms with E-state index < -0.39 is 0 Å². The predicted molar refractivity (Wildman–Crippen MR) is 51.6 cm³/mol. The molecular weight excluding hydrogens is 194 g/mol. The third-order valence-corrected chi connectivity index (χ3v) is 2.77. The number of alkyl halides is 1. The van der Waals surface area contributed by atoms with Crippen molar-refractivity contribution in [1.82, 2.24) is 5.32 Å². The van der Waals surface area contributed by atoms with Gasteiger partial charge >= 0.3 is 0 Å². The Bertz CT molecular complexity index is 248. The Morgan fingerprint density at radius 1 is 1.83 bits per heavy atom. The van der Waals surface area contributed by atoms with E-state index in [1.807, 2.05) is 24.4 Å². The Morgan fingerprint density at radius 3 is 3.08 bits per heavy atom. The molecule has 1 aromatic heterocycles. The molecule has 1 amide bonds. The van der Waals surface area contributed by atoms with Crippen molar-refractivity contribution in [2.75, 3.05) is 5.88 Å². The monoisotopic (exact) mass is 203 g/mol. The molecule has 0 aliphatic rings. The van der Waals surface area contributed by atoms with E-state index in [-0.39, 0.29) is 17.8 Å². The van der Waals surface area contributed by atoms with E-state index in [1.54, 1.807) is 11.3 Å². The molecule has 0 aromatic carbocycles. The summed E-state index contributed by atoms with van der Waals surface area (Å²) in [5.74, 6) is -0.104. The molecule has 0 aliphatic heterocycles. The first-order valence-electron chi connectivity index (χ1n) is 3.62. The second-order valence-electron chi connectivity index (χ2n) is 2.44. The minimum atomic E-state index is -0.127. The molecule has 0 saturated heterocycles. The van der Waals surface area contributed by atoms with Crippen LogP contribution in [0.4, 0.5) is 0 Å². The van der Waals surface area contributed by atoms with E-state index in [4.69, 9.17) is 11.6 Å². The van der Waals surface area contributed by atoms with Crippen molar-refractivity contribution in [2.24, 2.45) is 0 Å². The molecule has 0 radical (unpaired) electrons. The Hall–Kier alpha value is -0.540. The number of hydrogen-bond acceptors (Lipinski definition) is 2. The fourth-order valence-corrected chi connectivity index (χ4v) is 1.70. The summed E-state index contributed by atoms with van der Waals surface area (Å²) in [6.07, 6.45) is 0. The molecule has 0 aliphatic carbocycles. The fraction of sp³-hybridized carbons (Fsp3) is 0.375. The van der Waals surface area contributed by atoms with Crippen molar-refractivity contribution >= 4 is 28.8 Å². The van der Waals surface area contributed by atoms with Gasteiger partial charge in [-0.3, -0.25) is 4.79 Å². The Labute approximate surface area is 80.5 Å². The number of halogens is 1. The highest BCUT2D eigenvalue weighted by Gasteiger charge is 2.08. The molecule has 0 saturated carbocycles. The largest absolute Gasteiger partial charge is 0.348 e. The lowest BCUT2D eigenvalue weighted by atomic mass is 10.3. The second-order valence-corrected chi connectivity index (χ2v) is 3.68. The first-order chi connectivity index (χ1) is 5.74. The summed E-state index contributed by atoms with van der Waals surface area (Å²) in [4.78, 5) is 12.0. The predicted octanol–water partition coefficient (Wildman–Crippen LogP) is 2.16. The third kappa shape index (κ3) is 2.50. The Balaban J connectivity index is 2.49. The van der Waals surface area contributed by atoms with Crippen LogP contribution in [0.25, 0.3) is 0 Å². The first-order valence-corrected chi connectivity index (χ1v) is 5.04. The number of carbonyl (C=O) groups is 1. The molecule has 0 spiro atoms. The summed E-state index contributed by atoms with van der Waals surface area (Å²) in [6.45, 7) is 1.94. The van der Waals surface area contributed by atoms with Crippen LogP contribution in [0.2, 0.25) is 0 Å². The summed E-state index contributed by atoms with van der Waals surface area (Å²) >= 11 is 6.97. The molecular formula is C8H10ClNOS. The average molecular weight is 204 g/mol. The summed E-state index contributed by atoms with van der Waals surface area (Å²) in [7, 11) is 0. The van der Waals surface area contributed by atoms with Crippen molar-refractivity contribution in [3.05, 3.63) is 22.4 Å². The molecule has 1 heterocycles. The van der Waals surface area contributed by atoms with Crippen LogP contribution in [0, 0.1) is 0 Å². The first kappa shape index (κ1) is 9.55. The maximum atomic E-state index is 10.9. The Morgan fingerprint density at radius 2 is 2.58 bits per heavy atom. The van der Waals surface area contributed by atoms with Crippen molar-refractivity contribution in [3.8, 4) is 0 Å². The van der Waals surface area contributed by atoms with Gasteiger partial charge in [-0.05, 0) is 18.4 Å². The molecule has 4 heteroatoms. The van der Waals surface area contributed by atoms with Gasteiger partial charge in [0.15, 0.2) is 0 Å². The van der Waals surface area contributed by atoms with E-state index in [1.165, 1.54) is 0 Å². The zero-order valence-electron chi connectivity index (χ0n) is 6.71. The quantitative estimate of drug-likeness (QED) is 0.750. The summed E-state index contributed by atoms with van der Waals surface area (Å²) in [6, 6.07) is 4.02.